The van der Waals surface area contributed by atoms with Gasteiger partial charge in [-0.1, -0.05) is 35.5 Å². The second-order valence-electron chi connectivity index (χ2n) is 8.39. The minimum absolute atomic E-state index is 0.0719. The topological polar surface area (TPSA) is 80.2 Å². The summed E-state index contributed by atoms with van der Waals surface area (Å²) in [6.07, 6.45) is 3.17. The van der Waals surface area contributed by atoms with Gasteiger partial charge in [0.05, 0.1) is 12.3 Å². The highest BCUT2D eigenvalue weighted by atomic mass is 16.6. The summed E-state index contributed by atoms with van der Waals surface area (Å²) in [6, 6.07) is 8.24. The summed E-state index contributed by atoms with van der Waals surface area (Å²) in [5, 5.41) is 6.91. The van der Waals surface area contributed by atoms with E-state index in [4.69, 9.17) is 9.57 Å². The van der Waals surface area contributed by atoms with Crippen molar-refractivity contribution in [3.8, 4) is 0 Å². The minimum atomic E-state index is -0.481. The van der Waals surface area contributed by atoms with E-state index in [2.05, 4.69) is 28.7 Å². The van der Waals surface area contributed by atoms with Crippen molar-refractivity contribution in [3.63, 3.8) is 0 Å². The summed E-state index contributed by atoms with van der Waals surface area (Å²) in [7, 11) is 0. The number of hydrogen-bond acceptors (Lipinski definition) is 5. The van der Waals surface area contributed by atoms with Crippen LogP contribution in [-0.4, -0.2) is 54.0 Å². The summed E-state index contributed by atoms with van der Waals surface area (Å²) >= 11 is 0. The third-order valence-corrected chi connectivity index (χ3v) is 4.76. The average Bonchev–Trinajstić information content (AvgIpc) is 3.14. The van der Waals surface area contributed by atoms with Gasteiger partial charge in [-0.05, 0) is 43.9 Å². The second kappa shape index (κ2) is 8.68. The highest BCUT2D eigenvalue weighted by Gasteiger charge is 2.25. The monoisotopic (exact) mass is 399 g/mol. The maximum absolute atomic E-state index is 12.2. The summed E-state index contributed by atoms with van der Waals surface area (Å²) in [6.45, 7) is 8.77. The third-order valence-electron chi connectivity index (χ3n) is 4.76. The lowest BCUT2D eigenvalue weighted by molar-refractivity contribution is -0.119. The Kier molecular flexibility index (Phi) is 6.25. The van der Waals surface area contributed by atoms with E-state index in [0.29, 0.717) is 26.1 Å². The SMILES string of the molecule is CC(=O)NCC1CC(c2ccc(C3=CCN(C(=O)OC(C)(C)C)CC3)cc2)=NO1. The second-order valence-corrected chi connectivity index (χ2v) is 8.39. The molecule has 0 bridgehead atoms. The van der Waals surface area contributed by atoms with Crippen LogP contribution in [-0.2, 0) is 14.4 Å². The predicted octanol–water partition coefficient (Wildman–Crippen LogP) is 3.34. The number of carbonyl (C=O) groups is 2. The molecule has 3 rings (SSSR count). The molecular formula is C22H29N3O4. The molecule has 2 amide bonds. The van der Waals surface area contributed by atoms with Gasteiger partial charge >= 0.3 is 6.09 Å². The number of nitrogens with one attached hydrogen (secondary N) is 1. The summed E-state index contributed by atoms with van der Waals surface area (Å²) < 4.78 is 5.44. The highest BCUT2D eigenvalue weighted by molar-refractivity contribution is 6.01. The molecule has 156 valence electrons. The Labute approximate surface area is 171 Å². The highest BCUT2D eigenvalue weighted by Crippen LogP contribution is 2.25. The molecule has 0 saturated heterocycles. The van der Waals surface area contributed by atoms with E-state index >= 15 is 0 Å². The van der Waals surface area contributed by atoms with Crippen molar-refractivity contribution in [1.82, 2.24) is 10.2 Å². The summed E-state index contributed by atoms with van der Waals surface area (Å²) in [5.74, 6) is -0.0719. The van der Waals surface area contributed by atoms with Gasteiger partial charge < -0.3 is 19.8 Å². The number of ether oxygens (including phenoxy) is 1. The number of rotatable bonds is 4. The fourth-order valence-corrected chi connectivity index (χ4v) is 3.27. The van der Waals surface area contributed by atoms with Gasteiger partial charge in [-0.3, -0.25) is 4.79 Å². The molecule has 0 radical (unpaired) electrons. The van der Waals surface area contributed by atoms with Crippen molar-refractivity contribution in [2.45, 2.75) is 52.2 Å². The van der Waals surface area contributed by atoms with Crippen molar-refractivity contribution in [2.75, 3.05) is 19.6 Å². The number of benzene rings is 1. The van der Waals surface area contributed by atoms with Gasteiger partial charge in [-0.25, -0.2) is 4.79 Å². The first-order chi connectivity index (χ1) is 13.7. The molecule has 2 aliphatic heterocycles. The third kappa shape index (κ3) is 5.82. The Morgan fingerprint density at radius 1 is 1.24 bits per heavy atom. The van der Waals surface area contributed by atoms with E-state index in [0.717, 1.165) is 23.3 Å². The van der Waals surface area contributed by atoms with Crippen molar-refractivity contribution in [1.29, 1.82) is 0 Å². The number of oxime groups is 1. The Morgan fingerprint density at radius 2 is 1.93 bits per heavy atom. The Bertz CT molecular complexity index is 821. The van der Waals surface area contributed by atoms with Gasteiger partial charge in [0.1, 0.15) is 11.7 Å². The van der Waals surface area contributed by atoms with E-state index in [1.165, 1.54) is 12.5 Å². The molecule has 1 aromatic carbocycles. The molecule has 0 spiro atoms. The quantitative estimate of drug-likeness (QED) is 0.842. The zero-order chi connectivity index (χ0) is 21.0. The lowest BCUT2D eigenvalue weighted by atomic mass is 9.96. The first-order valence-corrected chi connectivity index (χ1v) is 9.96. The molecule has 0 aliphatic carbocycles. The molecule has 0 saturated carbocycles. The zero-order valence-electron chi connectivity index (χ0n) is 17.5. The van der Waals surface area contributed by atoms with Crippen molar-refractivity contribution < 1.29 is 19.2 Å². The molecule has 1 aromatic rings. The van der Waals surface area contributed by atoms with Crippen molar-refractivity contribution in [3.05, 3.63) is 41.5 Å². The van der Waals surface area contributed by atoms with Crippen LogP contribution in [0.3, 0.4) is 0 Å². The van der Waals surface area contributed by atoms with Crippen LogP contribution in [0, 0.1) is 0 Å². The van der Waals surface area contributed by atoms with Gasteiger partial charge in [0.2, 0.25) is 5.91 Å². The molecule has 29 heavy (non-hydrogen) atoms. The van der Waals surface area contributed by atoms with Crippen LogP contribution in [0.1, 0.15) is 51.7 Å². The van der Waals surface area contributed by atoms with Crippen LogP contribution in [0.5, 0.6) is 0 Å². The molecule has 0 aromatic heterocycles. The smallest absolute Gasteiger partial charge is 0.410 e. The lowest BCUT2D eigenvalue weighted by Gasteiger charge is -2.29. The van der Waals surface area contributed by atoms with Crippen LogP contribution in [0.2, 0.25) is 0 Å². The van der Waals surface area contributed by atoms with E-state index < -0.39 is 5.60 Å². The van der Waals surface area contributed by atoms with Gasteiger partial charge in [-0.15, -0.1) is 0 Å². The minimum Gasteiger partial charge on any atom is -0.444 e. The largest absolute Gasteiger partial charge is 0.444 e. The van der Waals surface area contributed by atoms with E-state index in [-0.39, 0.29) is 18.1 Å². The standard InChI is InChI=1S/C22H29N3O4/c1-15(26)23-14-19-13-20(24-29-19)18-7-5-16(6-8-18)17-9-11-25(12-10-17)21(27)28-22(2,3)4/h5-9,19H,10-14H2,1-4H3,(H,23,26). The Hall–Kier alpha value is -2.83. The van der Waals surface area contributed by atoms with E-state index in [9.17, 15) is 9.59 Å². The first-order valence-electron chi connectivity index (χ1n) is 9.96. The van der Waals surface area contributed by atoms with Gasteiger partial charge in [0.15, 0.2) is 0 Å². The number of nitrogens with zero attached hydrogens (tertiary/aromatic N) is 2. The fraction of sp³-hybridized carbons (Fsp3) is 0.500. The van der Waals surface area contributed by atoms with Gasteiger partial charge in [-0.2, -0.15) is 0 Å². The maximum Gasteiger partial charge on any atom is 0.410 e. The van der Waals surface area contributed by atoms with Crippen LogP contribution < -0.4 is 5.32 Å². The van der Waals surface area contributed by atoms with Crippen LogP contribution in [0.4, 0.5) is 4.79 Å². The average molecular weight is 399 g/mol. The predicted molar refractivity (Wildman–Crippen MR) is 112 cm³/mol. The molecular weight excluding hydrogens is 370 g/mol. The van der Waals surface area contributed by atoms with E-state index in [1.807, 2.05) is 32.9 Å². The summed E-state index contributed by atoms with van der Waals surface area (Å²) in [4.78, 5) is 30.3. The number of hydrogen-bond donors (Lipinski definition) is 1. The fourth-order valence-electron chi connectivity index (χ4n) is 3.27. The van der Waals surface area contributed by atoms with E-state index in [1.54, 1.807) is 4.90 Å². The molecule has 1 atom stereocenters. The molecule has 7 nitrogen and oxygen atoms in total. The first kappa shape index (κ1) is 20.9. The van der Waals surface area contributed by atoms with Crippen LogP contribution in [0.15, 0.2) is 35.5 Å². The number of amides is 2. The summed E-state index contributed by atoms with van der Waals surface area (Å²) in [5.41, 5.74) is 3.80. The zero-order valence-corrected chi connectivity index (χ0v) is 17.5. The molecule has 0 fully saturated rings. The molecule has 7 heteroatoms. The van der Waals surface area contributed by atoms with Gasteiger partial charge in [0, 0.05) is 26.4 Å². The van der Waals surface area contributed by atoms with Crippen LogP contribution in [0.25, 0.3) is 5.57 Å². The van der Waals surface area contributed by atoms with Crippen LogP contribution >= 0.6 is 0 Å². The maximum atomic E-state index is 12.2. The molecule has 2 heterocycles. The van der Waals surface area contributed by atoms with Crippen molar-refractivity contribution in [2.24, 2.45) is 5.16 Å². The van der Waals surface area contributed by atoms with Gasteiger partial charge in [0.25, 0.3) is 0 Å². The molecule has 1 N–H and O–H groups in total. The normalized spacial score (nSPS) is 19.2. The lowest BCUT2D eigenvalue weighted by Crippen LogP contribution is -2.39. The Morgan fingerprint density at radius 3 is 2.52 bits per heavy atom. The number of carbonyl (C=O) groups excluding carboxylic acids is 2. The van der Waals surface area contributed by atoms with Crippen molar-refractivity contribution >= 4 is 23.3 Å². The Balaban J connectivity index is 1.56. The molecule has 1 unspecified atom stereocenters. The molecule has 2 aliphatic rings.